The third kappa shape index (κ3) is 5.64. The molecule has 5 nitrogen and oxygen atoms in total. The summed E-state index contributed by atoms with van der Waals surface area (Å²) in [6.07, 6.45) is 2.55. The predicted octanol–water partition coefficient (Wildman–Crippen LogP) is 5.30. The van der Waals surface area contributed by atoms with Crippen LogP contribution in [-0.2, 0) is 4.79 Å². The second-order valence-electron chi connectivity index (χ2n) is 6.59. The van der Waals surface area contributed by atoms with Gasteiger partial charge in [-0.05, 0) is 43.2 Å². The van der Waals surface area contributed by atoms with E-state index in [0.717, 1.165) is 0 Å². The van der Waals surface area contributed by atoms with Crippen molar-refractivity contribution in [3.8, 4) is 0 Å². The van der Waals surface area contributed by atoms with Crippen molar-refractivity contribution in [1.29, 1.82) is 0 Å². The van der Waals surface area contributed by atoms with Crippen molar-refractivity contribution in [2.45, 2.75) is 12.8 Å². The summed E-state index contributed by atoms with van der Waals surface area (Å²) in [7, 11) is 0. The Bertz CT molecular complexity index is 957. The maximum absolute atomic E-state index is 12.6. The highest BCUT2D eigenvalue weighted by Crippen LogP contribution is 2.25. The largest absolute Gasteiger partial charge is 0.339 e. The molecule has 29 heavy (non-hydrogen) atoms. The molecular formula is C20H17Cl4N3O2. The lowest BCUT2D eigenvalue weighted by Crippen LogP contribution is -2.42. The van der Waals surface area contributed by atoms with Gasteiger partial charge < -0.3 is 4.90 Å². The van der Waals surface area contributed by atoms with Crippen LogP contribution in [0.3, 0.4) is 0 Å². The summed E-state index contributed by atoms with van der Waals surface area (Å²) >= 11 is 23.9. The van der Waals surface area contributed by atoms with Crippen LogP contribution in [0, 0.1) is 5.92 Å². The zero-order chi connectivity index (χ0) is 21.0. The van der Waals surface area contributed by atoms with E-state index in [-0.39, 0.29) is 17.7 Å². The minimum atomic E-state index is -0.224. The number of nitrogens with one attached hydrogen (secondary N) is 1. The van der Waals surface area contributed by atoms with Gasteiger partial charge in [0.15, 0.2) is 0 Å². The average Bonchev–Trinajstić information content (AvgIpc) is 2.69. The summed E-state index contributed by atoms with van der Waals surface area (Å²) in [5.41, 5.74) is 3.59. The van der Waals surface area contributed by atoms with Gasteiger partial charge in [0.1, 0.15) is 0 Å². The monoisotopic (exact) mass is 471 g/mol. The first-order chi connectivity index (χ1) is 13.8. The molecular weight excluding hydrogens is 456 g/mol. The van der Waals surface area contributed by atoms with Crippen molar-refractivity contribution in [3.05, 3.63) is 67.6 Å². The van der Waals surface area contributed by atoms with Crippen molar-refractivity contribution >= 4 is 64.4 Å². The Morgan fingerprint density at radius 1 is 0.966 bits per heavy atom. The molecule has 2 aromatic carbocycles. The molecule has 0 aliphatic carbocycles. The lowest BCUT2D eigenvalue weighted by Gasteiger charge is -2.31. The molecule has 2 amide bonds. The highest BCUT2D eigenvalue weighted by molar-refractivity contribution is 6.37. The molecule has 2 aromatic rings. The zero-order valence-electron chi connectivity index (χ0n) is 15.2. The minimum Gasteiger partial charge on any atom is -0.339 e. The molecule has 0 unspecified atom stereocenters. The Labute approximate surface area is 188 Å². The Kier molecular flexibility index (Phi) is 7.41. The second kappa shape index (κ2) is 9.81. The zero-order valence-corrected chi connectivity index (χ0v) is 18.2. The highest BCUT2D eigenvalue weighted by Gasteiger charge is 2.28. The second-order valence-corrected chi connectivity index (χ2v) is 8.28. The fourth-order valence-corrected chi connectivity index (χ4v) is 3.99. The number of benzene rings is 2. The van der Waals surface area contributed by atoms with Gasteiger partial charge in [0.2, 0.25) is 5.91 Å². The van der Waals surface area contributed by atoms with E-state index in [0.29, 0.717) is 57.1 Å². The van der Waals surface area contributed by atoms with Crippen molar-refractivity contribution < 1.29 is 9.59 Å². The van der Waals surface area contributed by atoms with E-state index in [9.17, 15) is 9.59 Å². The molecule has 0 spiro atoms. The molecule has 1 N–H and O–H groups in total. The average molecular weight is 473 g/mol. The van der Waals surface area contributed by atoms with E-state index in [2.05, 4.69) is 10.5 Å². The smallest absolute Gasteiger partial charge is 0.255 e. The summed E-state index contributed by atoms with van der Waals surface area (Å²) in [6, 6.07) is 9.80. The Hall–Kier alpha value is -1.79. The number of likely N-dealkylation sites (tertiary alicyclic amines) is 1. The number of hydrogen-bond donors (Lipinski definition) is 1. The fraction of sp³-hybridized carbons (Fsp3) is 0.250. The molecule has 9 heteroatoms. The van der Waals surface area contributed by atoms with Gasteiger partial charge in [-0.15, -0.1) is 0 Å². The topological polar surface area (TPSA) is 61.8 Å². The SMILES string of the molecule is O=C(N/N=C\c1ccc(Cl)cc1Cl)C1CCN(C(=O)c2ccc(Cl)cc2Cl)CC1. The molecule has 0 aromatic heterocycles. The summed E-state index contributed by atoms with van der Waals surface area (Å²) in [5.74, 6) is -0.582. The lowest BCUT2D eigenvalue weighted by atomic mass is 9.95. The van der Waals surface area contributed by atoms with Gasteiger partial charge in [0, 0.05) is 34.6 Å². The molecule has 1 fully saturated rings. The van der Waals surface area contributed by atoms with Crippen LogP contribution in [0.4, 0.5) is 0 Å². The molecule has 1 aliphatic rings. The van der Waals surface area contributed by atoms with Crippen LogP contribution in [0.5, 0.6) is 0 Å². The normalized spacial score (nSPS) is 15.0. The maximum atomic E-state index is 12.6. The summed E-state index contributed by atoms with van der Waals surface area (Å²) in [4.78, 5) is 26.7. The predicted molar refractivity (Wildman–Crippen MR) is 117 cm³/mol. The summed E-state index contributed by atoms with van der Waals surface area (Å²) < 4.78 is 0. The first-order valence-corrected chi connectivity index (χ1v) is 10.4. The number of nitrogens with zero attached hydrogens (tertiary/aromatic N) is 2. The summed E-state index contributed by atoms with van der Waals surface area (Å²) in [6.45, 7) is 0.922. The standard InChI is InChI=1S/C20H17Cl4N3O2/c21-14-2-1-13(17(23)9-14)11-25-26-19(28)12-5-7-27(8-6-12)20(29)16-4-3-15(22)10-18(16)24/h1-4,9-12H,5-8H2,(H,26,28)/b25-11-. The summed E-state index contributed by atoms with van der Waals surface area (Å²) in [5, 5.41) is 5.73. The molecule has 0 saturated carbocycles. The van der Waals surface area contributed by atoms with Crippen molar-refractivity contribution in [2.75, 3.05) is 13.1 Å². The number of carbonyl (C=O) groups is 2. The van der Waals surface area contributed by atoms with E-state index in [1.54, 1.807) is 41.3 Å². The van der Waals surface area contributed by atoms with E-state index >= 15 is 0 Å². The number of amides is 2. The number of piperidine rings is 1. The van der Waals surface area contributed by atoms with Gasteiger partial charge in [-0.1, -0.05) is 52.5 Å². The molecule has 3 rings (SSSR count). The van der Waals surface area contributed by atoms with Crippen molar-refractivity contribution in [2.24, 2.45) is 11.0 Å². The van der Waals surface area contributed by atoms with Crippen LogP contribution < -0.4 is 5.43 Å². The third-order valence-corrected chi connectivity index (χ3v) is 5.77. The van der Waals surface area contributed by atoms with Gasteiger partial charge in [-0.25, -0.2) is 5.43 Å². The number of hydrazone groups is 1. The third-order valence-electron chi connectivity index (χ3n) is 4.66. The number of carbonyl (C=O) groups excluding carboxylic acids is 2. The van der Waals surface area contributed by atoms with Crippen LogP contribution in [0.2, 0.25) is 20.1 Å². The Morgan fingerprint density at radius 2 is 1.59 bits per heavy atom. The van der Waals surface area contributed by atoms with Gasteiger partial charge in [0.25, 0.3) is 5.91 Å². The molecule has 0 atom stereocenters. The van der Waals surface area contributed by atoms with Gasteiger partial charge in [0.05, 0.1) is 21.8 Å². The highest BCUT2D eigenvalue weighted by atomic mass is 35.5. The Balaban J connectivity index is 1.52. The van der Waals surface area contributed by atoms with Gasteiger partial charge >= 0.3 is 0 Å². The van der Waals surface area contributed by atoms with Gasteiger partial charge in [-0.2, -0.15) is 5.10 Å². The van der Waals surface area contributed by atoms with Crippen LogP contribution in [0.15, 0.2) is 41.5 Å². The van der Waals surface area contributed by atoms with Crippen LogP contribution in [0.25, 0.3) is 0 Å². The number of rotatable bonds is 4. The molecule has 1 heterocycles. The minimum absolute atomic E-state index is 0.166. The van der Waals surface area contributed by atoms with Crippen molar-refractivity contribution in [1.82, 2.24) is 10.3 Å². The Morgan fingerprint density at radius 3 is 2.21 bits per heavy atom. The van der Waals surface area contributed by atoms with E-state index < -0.39 is 0 Å². The van der Waals surface area contributed by atoms with E-state index in [4.69, 9.17) is 46.4 Å². The fourth-order valence-electron chi connectivity index (χ4n) is 3.04. The first kappa shape index (κ1) is 21.9. The van der Waals surface area contributed by atoms with Crippen LogP contribution in [-0.4, -0.2) is 36.0 Å². The van der Waals surface area contributed by atoms with Gasteiger partial charge in [-0.3, -0.25) is 9.59 Å². The van der Waals surface area contributed by atoms with Crippen molar-refractivity contribution in [3.63, 3.8) is 0 Å². The van der Waals surface area contributed by atoms with E-state index in [1.165, 1.54) is 6.21 Å². The molecule has 1 saturated heterocycles. The van der Waals surface area contributed by atoms with E-state index in [1.807, 2.05) is 0 Å². The molecule has 0 bridgehead atoms. The number of halogens is 4. The van der Waals surface area contributed by atoms with Crippen LogP contribution in [0.1, 0.15) is 28.8 Å². The molecule has 1 aliphatic heterocycles. The first-order valence-electron chi connectivity index (χ1n) is 8.87. The lowest BCUT2D eigenvalue weighted by molar-refractivity contribution is -0.126. The maximum Gasteiger partial charge on any atom is 0.255 e. The molecule has 152 valence electrons. The quantitative estimate of drug-likeness (QED) is 0.484. The van der Waals surface area contributed by atoms with Crippen LogP contribution >= 0.6 is 46.4 Å². The molecule has 0 radical (unpaired) electrons. The number of hydrogen-bond acceptors (Lipinski definition) is 3.